The van der Waals surface area contributed by atoms with Gasteiger partial charge in [-0.3, -0.25) is 9.59 Å². The Bertz CT molecular complexity index is 771. The Morgan fingerprint density at radius 3 is 2.77 bits per heavy atom. The second-order valence-electron chi connectivity index (χ2n) is 6.19. The smallest absolute Gasteiger partial charge is 0.248 e. The average Bonchev–Trinajstić information content (AvgIpc) is 3.02. The number of nitrogens with two attached hydrogens (primary N) is 1. The molecular formula is C18H21N3O5. The number of ether oxygens (including phenoxy) is 2. The number of aryl methyl sites for hydroxylation is 1. The molecule has 1 fully saturated rings. The van der Waals surface area contributed by atoms with Crippen LogP contribution in [0.4, 0.5) is 0 Å². The van der Waals surface area contributed by atoms with E-state index in [0.717, 1.165) is 5.69 Å². The molecule has 2 amide bonds. The second kappa shape index (κ2) is 8.01. The number of carbonyl (C=O) groups is 2. The van der Waals surface area contributed by atoms with Crippen molar-refractivity contribution >= 4 is 11.8 Å². The third kappa shape index (κ3) is 4.60. The molecule has 0 unspecified atom stereocenters. The minimum Gasteiger partial charge on any atom is -0.488 e. The van der Waals surface area contributed by atoms with Gasteiger partial charge in [0.1, 0.15) is 17.6 Å². The van der Waals surface area contributed by atoms with Crippen LogP contribution in [-0.2, 0) is 16.0 Å². The Balaban J connectivity index is 1.60. The standard InChI is InChI=1S/C18H21N3O5/c1-11-8-14(26-21-11)9-17(22)20-15-10-24-7-6-16(15)25-13-4-2-12(3-5-13)18(19)23/h2-5,8,15-16H,6-7,9-10H2,1H3,(H2,19,23)(H,20,22)/t15-,16-/m1/s1. The van der Waals surface area contributed by atoms with Crippen molar-refractivity contribution < 1.29 is 23.6 Å². The van der Waals surface area contributed by atoms with Crippen LogP contribution < -0.4 is 15.8 Å². The van der Waals surface area contributed by atoms with Crippen molar-refractivity contribution in [2.24, 2.45) is 5.73 Å². The predicted molar refractivity (Wildman–Crippen MR) is 91.7 cm³/mol. The fourth-order valence-electron chi connectivity index (χ4n) is 2.78. The Kier molecular flexibility index (Phi) is 5.52. The highest BCUT2D eigenvalue weighted by Crippen LogP contribution is 2.19. The van der Waals surface area contributed by atoms with E-state index in [4.69, 9.17) is 19.7 Å². The van der Waals surface area contributed by atoms with Crippen molar-refractivity contribution in [1.82, 2.24) is 10.5 Å². The molecule has 1 aliphatic heterocycles. The highest BCUT2D eigenvalue weighted by Gasteiger charge is 2.29. The zero-order chi connectivity index (χ0) is 18.5. The van der Waals surface area contributed by atoms with Gasteiger partial charge >= 0.3 is 0 Å². The number of rotatable bonds is 6. The van der Waals surface area contributed by atoms with E-state index in [1.165, 1.54) is 0 Å². The van der Waals surface area contributed by atoms with Crippen LogP contribution in [0.15, 0.2) is 34.9 Å². The fraction of sp³-hybridized carbons (Fsp3) is 0.389. The third-order valence-corrected chi connectivity index (χ3v) is 4.08. The first-order chi connectivity index (χ1) is 12.5. The number of nitrogens with one attached hydrogen (secondary N) is 1. The van der Waals surface area contributed by atoms with E-state index < -0.39 is 5.91 Å². The summed E-state index contributed by atoms with van der Waals surface area (Å²) in [5.74, 6) is 0.438. The molecule has 1 aromatic carbocycles. The summed E-state index contributed by atoms with van der Waals surface area (Å²) in [5, 5.41) is 6.70. The second-order valence-corrected chi connectivity index (χ2v) is 6.19. The van der Waals surface area contributed by atoms with Crippen LogP contribution in [0, 0.1) is 6.92 Å². The predicted octanol–water partition coefficient (Wildman–Crippen LogP) is 0.977. The molecule has 138 valence electrons. The molecule has 2 atom stereocenters. The molecule has 8 heteroatoms. The van der Waals surface area contributed by atoms with Gasteiger partial charge in [-0.1, -0.05) is 5.16 Å². The van der Waals surface area contributed by atoms with Crippen molar-refractivity contribution in [3.8, 4) is 5.75 Å². The first kappa shape index (κ1) is 17.9. The molecule has 1 aromatic heterocycles. The number of nitrogens with zero attached hydrogens (tertiary/aromatic N) is 1. The summed E-state index contributed by atoms with van der Waals surface area (Å²) in [6.45, 7) is 2.72. The topological polar surface area (TPSA) is 117 Å². The van der Waals surface area contributed by atoms with Crippen LogP contribution in [0.1, 0.15) is 28.2 Å². The summed E-state index contributed by atoms with van der Waals surface area (Å²) in [6, 6.07) is 8.03. The Morgan fingerprint density at radius 2 is 2.12 bits per heavy atom. The number of primary amides is 1. The van der Waals surface area contributed by atoms with Crippen LogP contribution in [0.25, 0.3) is 0 Å². The maximum Gasteiger partial charge on any atom is 0.248 e. The molecule has 8 nitrogen and oxygen atoms in total. The number of hydrogen-bond acceptors (Lipinski definition) is 6. The number of aromatic nitrogens is 1. The van der Waals surface area contributed by atoms with Crippen molar-refractivity contribution in [3.05, 3.63) is 47.3 Å². The van der Waals surface area contributed by atoms with Crippen LogP contribution in [-0.4, -0.2) is 42.3 Å². The number of amides is 2. The molecule has 26 heavy (non-hydrogen) atoms. The zero-order valence-electron chi connectivity index (χ0n) is 14.4. The molecule has 0 aliphatic carbocycles. The lowest BCUT2D eigenvalue weighted by Gasteiger charge is -2.32. The Hall–Kier alpha value is -2.87. The summed E-state index contributed by atoms with van der Waals surface area (Å²) in [7, 11) is 0. The lowest BCUT2D eigenvalue weighted by molar-refractivity contribution is -0.123. The number of carbonyl (C=O) groups excluding carboxylic acids is 2. The number of benzene rings is 1. The highest BCUT2D eigenvalue weighted by atomic mass is 16.5. The van der Waals surface area contributed by atoms with Crippen molar-refractivity contribution in [2.45, 2.75) is 31.9 Å². The quantitative estimate of drug-likeness (QED) is 0.794. The van der Waals surface area contributed by atoms with E-state index in [0.29, 0.717) is 36.7 Å². The summed E-state index contributed by atoms with van der Waals surface area (Å²) < 4.78 is 16.5. The normalized spacial score (nSPS) is 19.7. The van der Waals surface area contributed by atoms with Gasteiger partial charge < -0.3 is 25.0 Å². The average molecular weight is 359 g/mol. The largest absolute Gasteiger partial charge is 0.488 e. The highest BCUT2D eigenvalue weighted by molar-refractivity contribution is 5.92. The summed E-state index contributed by atoms with van der Waals surface area (Å²) >= 11 is 0. The first-order valence-electron chi connectivity index (χ1n) is 8.37. The molecule has 0 bridgehead atoms. The van der Waals surface area contributed by atoms with Crippen LogP contribution in [0.3, 0.4) is 0 Å². The SMILES string of the molecule is Cc1cc(CC(=O)N[C@@H]2COCC[C@H]2Oc2ccc(C(N)=O)cc2)on1. The minimum atomic E-state index is -0.490. The van der Waals surface area contributed by atoms with Gasteiger partial charge in [0, 0.05) is 18.1 Å². The van der Waals surface area contributed by atoms with Crippen LogP contribution in [0.2, 0.25) is 0 Å². The summed E-state index contributed by atoms with van der Waals surface area (Å²) in [5.41, 5.74) is 6.38. The van der Waals surface area contributed by atoms with Gasteiger partial charge in [0.25, 0.3) is 0 Å². The van der Waals surface area contributed by atoms with Crippen LogP contribution >= 0.6 is 0 Å². The molecule has 0 saturated carbocycles. The van der Waals surface area contributed by atoms with E-state index in [9.17, 15) is 9.59 Å². The van der Waals surface area contributed by atoms with Crippen molar-refractivity contribution in [2.75, 3.05) is 13.2 Å². The molecular weight excluding hydrogens is 338 g/mol. The Morgan fingerprint density at radius 1 is 1.35 bits per heavy atom. The first-order valence-corrected chi connectivity index (χ1v) is 8.37. The zero-order valence-corrected chi connectivity index (χ0v) is 14.4. The van der Waals surface area contributed by atoms with Crippen molar-refractivity contribution in [1.29, 1.82) is 0 Å². The monoisotopic (exact) mass is 359 g/mol. The van der Waals surface area contributed by atoms with Gasteiger partial charge in [-0.2, -0.15) is 0 Å². The minimum absolute atomic E-state index is 0.109. The Labute approximate surface area is 150 Å². The van der Waals surface area contributed by atoms with E-state index in [2.05, 4.69) is 10.5 Å². The van der Waals surface area contributed by atoms with Crippen LogP contribution in [0.5, 0.6) is 5.75 Å². The molecule has 0 radical (unpaired) electrons. The molecule has 2 aromatic rings. The molecule has 3 N–H and O–H groups in total. The maximum absolute atomic E-state index is 12.2. The van der Waals surface area contributed by atoms with E-state index in [1.54, 1.807) is 37.3 Å². The van der Waals surface area contributed by atoms with Gasteiger partial charge in [0.05, 0.1) is 31.4 Å². The van der Waals surface area contributed by atoms with Gasteiger partial charge in [-0.25, -0.2) is 0 Å². The lowest BCUT2D eigenvalue weighted by Crippen LogP contribution is -2.52. The van der Waals surface area contributed by atoms with E-state index in [1.807, 2.05) is 0 Å². The van der Waals surface area contributed by atoms with E-state index in [-0.39, 0.29) is 24.5 Å². The third-order valence-electron chi connectivity index (χ3n) is 4.08. The molecule has 3 rings (SSSR count). The summed E-state index contributed by atoms with van der Waals surface area (Å²) in [4.78, 5) is 23.4. The molecule has 2 heterocycles. The van der Waals surface area contributed by atoms with Gasteiger partial charge in [-0.05, 0) is 31.2 Å². The van der Waals surface area contributed by atoms with Crippen molar-refractivity contribution in [3.63, 3.8) is 0 Å². The molecule has 0 spiro atoms. The van der Waals surface area contributed by atoms with Gasteiger partial charge in [0.2, 0.25) is 11.8 Å². The number of hydrogen-bond donors (Lipinski definition) is 2. The summed E-state index contributed by atoms with van der Waals surface area (Å²) in [6.07, 6.45) is 0.519. The van der Waals surface area contributed by atoms with E-state index >= 15 is 0 Å². The molecule has 1 aliphatic rings. The van der Waals surface area contributed by atoms with Gasteiger partial charge in [-0.15, -0.1) is 0 Å². The maximum atomic E-state index is 12.2. The van der Waals surface area contributed by atoms with Gasteiger partial charge in [0.15, 0.2) is 0 Å². The molecule has 1 saturated heterocycles. The lowest BCUT2D eigenvalue weighted by atomic mass is 10.1. The fourth-order valence-corrected chi connectivity index (χ4v) is 2.78.